The van der Waals surface area contributed by atoms with Crippen molar-refractivity contribution < 1.29 is 92.2 Å². The Labute approximate surface area is 132 Å². The third kappa shape index (κ3) is 4.79. The molecule has 0 fully saturated rings. The van der Waals surface area contributed by atoms with E-state index in [2.05, 4.69) is 9.05 Å². The SMILES string of the molecule is COP(=O)([O-])C(C)(O)P(=O)([O-])OC.[Na+].[Na+]. The van der Waals surface area contributed by atoms with Crippen molar-refractivity contribution in [2.75, 3.05) is 14.2 Å². The molecule has 0 aliphatic rings. The standard InChI is InChI=1S/C4H12O7P2.2Na/c1-4(5,12(6,7)10-2)13(8,9)11-3;;/h5H,1-3H3,(H,6,7)(H,8,9);;/q;2*+1/p-2. The van der Waals surface area contributed by atoms with Gasteiger partial charge in [0.05, 0.1) is 0 Å². The van der Waals surface area contributed by atoms with Crippen LogP contribution < -0.4 is 68.9 Å². The summed E-state index contributed by atoms with van der Waals surface area (Å²) < 4.78 is 29.6. The first-order valence-corrected chi connectivity index (χ1v) is 6.17. The Bertz CT molecular complexity index is 254. The van der Waals surface area contributed by atoms with Crippen LogP contribution in [0.25, 0.3) is 0 Å². The molecule has 0 aliphatic heterocycles. The zero-order valence-electron chi connectivity index (χ0n) is 9.29. The van der Waals surface area contributed by atoms with E-state index in [1.165, 1.54) is 0 Å². The van der Waals surface area contributed by atoms with Gasteiger partial charge >= 0.3 is 59.1 Å². The van der Waals surface area contributed by atoms with Crippen molar-refractivity contribution in [1.82, 2.24) is 0 Å². The minimum atomic E-state index is -4.91. The third-order valence-electron chi connectivity index (χ3n) is 1.52. The first-order chi connectivity index (χ1) is 5.62. The second kappa shape index (κ2) is 7.64. The Morgan fingerprint density at radius 1 is 1.07 bits per heavy atom. The maximum Gasteiger partial charge on any atom is 1.00 e. The van der Waals surface area contributed by atoms with Gasteiger partial charge in [-0.25, -0.2) is 0 Å². The van der Waals surface area contributed by atoms with Crippen LogP contribution in [-0.4, -0.2) is 24.4 Å². The molecular weight excluding hydrogens is 268 g/mol. The fourth-order valence-corrected chi connectivity index (χ4v) is 2.88. The minimum absolute atomic E-state index is 0. The van der Waals surface area contributed by atoms with Crippen molar-refractivity contribution in [3.8, 4) is 0 Å². The summed E-state index contributed by atoms with van der Waals surface area (Å²) in [6.07, 6.45) is 0. The summed E-state index contributed by atoms with van der Waals surface area (Å²) in [6, 6.07) is 0. The molecule has 15 heavy (non-hydrogen) atoms. The fourth-order valence-electron chi connectivity index (χ4n) is 0.496. The number of hydrogen-bond donors (Lipinski definition) is 1. The van der Waals surface area contributed by atoms with Gasteiger partial charge in [0.1, 0.15) is 0 Å². The van der Waals surface area contributed by atoms with Crippen molar-refractivity contribution in [2.45, 2.75) is 12.0 Å². The maximum atomic E-state index is 10.9. The number of hydrogen-bond acceptors (Lipinski definition) is 7. The molecule has 0 heterocycles. The summed E-state index contributed by atoms with van der Waals surface area (Å²) in [4.78, 5) is 21.9. The predicted octanol–water partition coefficient (Wildman–Crippen LogP) is -6.94. The van der Waals surface area contributed by atoms with Gasteiger partial charge in [0.25, 0.3) is 0 Å². The quantitative estimate of drug-likeness (QED) is 0.401. The Morgan fingerprint density at radius 3 is 1.40 bits per heavy atom. The van der Waals surface area contributed by atoms with Crippen molar-refractivity contribution in [1.29, 1.82) is 0 Å². The van der Waals surface area contributed by atoms with Crippen LogP contribution >= 0.6 is 15.2 Å². The van der Waals surface area contributed by atoms with Gasteiger partial charge < -0.3 is 33.1 Å². The van der Waals surface area contributed by atoms with E-state index in [9.17, 15) is 18.9 Å². The van der Waals surface area contributed by atoms with Gasteiger partial charge in [0.2, 0.25) is 0 Å². The van der Waals surface area contributed by atoms with Crippen LogP contribution in [0.2, 0.25) is 0 Å². The fraction of sp³-hybridized carbons (Fsp3) is 1.00. The minimum Gasteiger partial charge on any atom is -0.776 e. The summed E-state index contributed by atoms with van der Waals surface area (Å²) in [5.41, 5.74) is 0. The van der Waals surface area contributed by atoms with Gasteiger partial charge in [0.15, 0.2) is 20.3 Å². The Morgan fingerprint density at radius 2 is 1.27 bits per heavy atom. The van der Waals surface area contributed by atoms with Gasteiger partial charge in [0, 0.05) is 14.2 Å². The van der Waals surface area contributed by atoms with Crippen LogP contribution in [0.4, 0.5) is 0 Å². The molecule has 80 valence electrons. The van der Waals surface area contributed by atoms with E-state index >= 15 is 0 Å². The van der Waals surface area contributed by atoms with Crippen LogP contribution in [0, 0.1) is 0 Å². The molecule has 0 saturated carbocycles. The molecule has 11 heteroatoms. The van der Waals surface area contributed by atoms with Crippen LogP contribution in [0.3, 0.4) is 0 Å². The normalized spacial score (nSPS) is 22.3. The van der Waals surface area contributed by atoms with E-state index in [0.717, 1.165) is 14.2 Å². The monoisotopic (exact) mass is 278 g/mol. The van der Waals surface area contributed by atoms with Gasteiger partial charge in [-0.15, -0.1) is 0 Å². The molecule has 0 radical (unpaired) electrons. The molecule has 0 spiro atoms. The molecule has 0 rings (SSSR count). The largest absolute Gasteiger partial charge is 1.00 e. The van der Waals surface area contributed by atoms with Gasteiger partial charge in [-0.3, -0.25) is 0 Å². The van der Waals surface area contributed by atoms with E-state index in [1.54, 1.807) is 0 Å². The summed E-state index contributed by atoms with van der Waals surface area (Å²) in [5.74, 6) is 0. The van der Waals surface area contributed by atoms with Crippen LogP contribution in [-0.2, 0) is 18.2 Å². The van der Waals surface area contributed by atoms with E-state index in [4.69, 9.17) is 5.11 Å². The van der Waals surface area contributed by atoms with Gasteiger partial charge in [-0.1, -0.05) is 0 Å². The first kappa shape index (κ1) is 22.4. The molecule has 2 atom stereocenters. The molecule has 0 aromatic heterocycles. The molecule has 0 aliphatic carbocycles. The topological polar surface area (TPSA) is 119 Å². The molecule has 0 aromatic carbocycles. The second-order valence-corrected chi connectivity index (χ2v) is 7.15. The molecule has 0 saturated heterocycles. The number of aliphatic hydroxyl groups is 1. The smallest absolute Gasteiger partial charge is 0.776 e. The Hall–Kier alpha value is 2.26. The van der Waals surface area contributed by atoms with E-state index in [0.29, 0.717) is 6.92 Å². The van der Waals surface area contributed by atoms with Crippen molar-refractivity contribution in [3.05, 3.63) is 0 Å². The first-order valence-electron chi connectivity index (χ1n) is 3.08. The molecule has 1 N–H and O–H groups in total. The number of rotatable bonds is 4. The molecule has 0 amide bonds. The Balaban J connectivity index is -0.000000720. The predicted molar refractivity (Wildman–Crippen MR) is 39.9 cm³/mol. The van der Waals surface area contributed by atoms with E-state index < -0.39 is 20.3 Å². The summed E-state index contributed by atoms with van der Waals surface area (Å²) in [5, 5.41) is 6.12. The summed E-state index contributed by atoms with van der Waals surface area (Å²) in [7, 11) is -8.32. The molecule has 0 bridgehead atoms. The van der Waals surface area contributed by atoms with Crippen LogP contribution in [0.15, 0.2) is 0 Å². The molecule has 7 nitrogen and oxygen atoms in total. The third-order valence-corrected chi connectivity index (χ3v) is 6.02. The molecule has 0 aromatic rings. The molecule has 2 unspecified atom stereocenters. The van der Waals surface area contributed by atoms with Crippen molar-refractivity contribution >= 4 is 15.2 Å². The van der Waals surface area contributed by atoms with Crippen LogP contribution in [0.5, 0.6) is 0 Å². The van der Waals surface area contributed by atoms with Crippen molar-refractivity contribution in [3.63, 3.8) is 0 Å². The summed E-state index contributed by atoms with van der Waals surface area (Å²) in [6.45, 7) is 0.571. The Kier molecular flexibility index (Phi) is 11.4. The van der Waals surface area contributed by atoms with E-state index in [-0.39, 0.29) is 59.1 Å². The average molecular weight is 278 g/mol. The molecular formula is C4H10Na2O7P2. The van der Waals surface area contributed by atoms with E-state index in [1.807, 2.05) is 0 Å². The van der Waals surface area contributed by atoms with Gasteiger partial charge in [-0.05, 0) is 6.92 Å². The second-order valence-electron chi connectivity index (χ2n) is 2.33. The van der Waals surface area contributed by atoms with Crippen molar-refractivity contribution in [2.24, 2.45) is 0 Å². The summed E-state index contributed by atoms with van der Waals surface area (Å²) >= 11 is 0. The average Bonchev–Trinajstić information content (AvgIpc) is 2.03. The van der Waals surface area contributed by atoms with Gasteiger partial charge in [-0.2, -0.15) is 0 Å². The maximum absolute atomic E-state index is 10.9. The zero-order chi connectivity index (χ0) is 10.9. The van der Waals surface area contributed by atoms with Crippen LogP contribution in [0.1, 0.15) is 6.92 Å². The zero-order valence-corrected chi connectivity index (χ0v) is 15.1.